The average Bonchev–Trinajstić information content (AvgIpc) is 2.97. The molecule has 0 spiro atoms. The van der Waals surface area contributed by atoms with Crippen LogP contribution in [0.3, 0.4) is 0 Å². The van der Waals surface area contributed by atoms with Crippen molar-refractivity contribution >= 4 is 17.5 Å². The molecule has 150 valence electrons. The van der Waals surface area contributed by atoms with Crippen LogP contribution in [0.1, 0.15) is 42.5 Å². The van der Waals surface area contributed by atoms with E-state index < -0.39 is 5.60 Å². The summed E-state index contributed by atoms with van der Waals surface area (Å²) in [7, 11) is 1.63. The van der Waals surface area contributed by atoms with Gasteiger partial charge in [0.2, 0.25) is 0 Å². The minimum atomic E-state index is -0.497. The third kappa shape index (κ3) is 3.88. The van der Waals surface area contributed by atoms with Crippen LogP contribution in [0.2, 0.25) is 5.15 Å². The third-order valence-electron chi connectivity index (χ3n) is 6.44. The van der Waals surface area contributed by atoms with Crippen LogP contribution in [0, 0.1) is 17.8 Å². The Hall–Kier alpha value is -1.15. The zero-order chi connectivity index (χ0) is 19.0. The van der Waals surface area contributed by atoms with E-state index in [9.17, 15) is 9.90 Å². The Morgan fingerprint density at radius 1 is 1.33 bits per heavy atom. The molecule has 4 saturated carbocycles. The molecule has 2 N–H and O–H groups in total. The van der Waals surface area contributed by atoms with Crippen LogP contribution >= 0.6 is 11.6 Å². The number of aromatic nitrogens is 2. The predicted molar refractivity (Wildman–Crippen MR) is 99.7 cm³/mol. The van der Waals surface area contributed by atoms with Crippen molar-refractivity contribution in [2.45, 2.75) is 50.3 Å². The molecule has 0 aromatic carbocycles. The number of methoxy groups -OCH3 is 1. The second kappa shape index (κ2) is 7.70. The maximum absolute atomic E-state index is 12.8. The Morgan fingerprint density at radius 2 is 2.07 bits per heavy atom. The van der Waals surface area contributed by atoms with Gasteiger partial charge in [-0.2, -0.15) is 5.10 Å². The lowest BCUT2D eigenvalue weighted by molar-refractivity contribution is -0.136. The zero-order valence-electron chi connectivity index (χ0n) is 15.7. The van der Waals surface area contributed by atoms with Crippen LogP contribution in [0.5, 0.6) is 0 Å². The number of hydrogen-bond acceptors (Lipinski definition) is 5. The zero-order valence-corrected chi connectivity index (χ0v) is 16.5. The maximum Gasteiger partial charge on any atom is 0.256 e. The number of carbonyl (C=O) groups is 1. The molecule has 8 heteroatoms. The van der Waals surface area contributed by atoms with Crippen molar-refractivity contribution in [2.24, 2.45) is 17.8 Å². The summed E-state index contributed by atoms with van der Waals surface area (Å²) in [5.74, 6) is 1.18. The van der Waals surface area contributed by atoms with E-state index in [0.29, 0.717) is 54.8 Å². The van der Waals surface area contributed by atoms with Crippen molar-refractivity contribution in [1.82, 2.24) is 15.1 Å². The molecule has 1 aromatic rings. The number of carbonyl (C=O) groups excluding carboxylic acids is 1. The molecular weight excluding hydrogens is 370 g/mol. The highest BCUT2D eigenvalue weighted by atomic mass is 35.5. The molecule has 5 atom stereocenters. The largest absolute Gasteiger partial charge is 0.390 e. The second-order valence-electron chi connectivity index (χ2n) is 8.37. The van der Waals surface area contributed by atoms with Crippen LogP contribution in [-0.2, 0) is 16.0 Å². The van der Waals surface area contributed by atoms with E-state index in [4.69, 9.17) is 21.1 Å². The number of amides is 1. The molecule has 4 bridgehead atoms. The molecule has 1 aromatic heterocycles. The molecule has 5 rings (SSSR count). The minimum Gasteiger partial charge on any atom is -0.390 e. The summed E-state index contributed by atoms with van der Waals surface area (Å²) in [5.41, 5.74) is -0.0932. The van der Waals surface area contributed by atoms with Gasteiger partial charge in [-0.15, -0.1) is 0 Å². The number of aliphatic hydroxyl groups is 1. The fraction of sp³-hybridized carbons (Fsp3) is 0.789. The van der Waals surface area contributed by atoms with E-state index in [1.807, 2.05) is 0 Å². The van der Waals surface area contributed by atoms with Gasteiger partial charge < -0.3 is 19.9 Å². The van der Waals surface area contributed by atoms with E-state index in [-0.39, 0.29) is 11.9 Å². The number of hydrogen-bond donors (Lipinski definition) is 2. The van der Waals surface area contributed by atoms with Crippen LogP contribution in [0.4, 0.5) is 0 Å². The summed E-state index contributed by atoms with van der Waals surface area (Å²) in [6, 6.07) is 0.131. The normalized spacial score (nSPS) is 34.2. The Balaban J connectivity index is 1.35. The lowest BCUT2D eigenvalue weighted by Crippen LogP contribution is -2.61. The SMILES string of the molecule is COCCOCCn1ncc(C(=O)NC2[C@@H]3CC4C[C@H]2CC(O)(C4)C3)c1Cl. The molecule has 4 aliphatic rings. The van der Waals surface area contributed by atoms with Gasteiger partial charge in [0, 0.05) is 13.2 Å². The fourth-order valence-corrected chi connectivity index (χ4v) is 5.78. The lowest BCUT2D eigenvalue weighted by atomic mass is 9.52. The van der Waals surface area contributed by atoms with E-state index in [1.54, 1.807) is 11.8 Å². The molecule has 4 aliphatic carbocycles. The molecule has 0 aliphatic heterocycles. The van der Waals surface area contributed by atoms with Crippen molar-refractivity contribution in [1.29, 1.82) is 0 Å². The van der Waals surface area contributed by atoms with Crippen molar-refractivity contribution in [2.75, 3.05) is 26.9 Å². The van der Waals surface area contributed by atoms with E-state index in [1.165, 1.54) is 6.20 Å². The number of halogens is 1. The number of nitrogens with zero attached hydrogens (tertiary/aromatic N) is 2. The monoisotopic (exact) mass is 397 g/mol. The van der Waals surface area contributed by atoms with Gasteiger partial charge in [0.25, 0.3) is 5.91 Å². The summed E-state index contributed by atoms with van der Waals surface area (Å²) in [5, 5.41) is 18.4. The molecule has 1 amide bonds. The molecule has 0 radical (unpaired) electrons. The Bertz CT molecular complexity index is 678. The summed E-state index contributed by atoms with van der Waals surface area (Å²) in [4.78, 5) is 12.8. The van der Waals surface area contributed by atoms with Gasteiger partial charge in [-0.25, -0.2) is 0 Å². The van der Waals surface area contributed by atoms with Crippen LogP contribution in [-0.4, -0.2) is 59.4 Å². The first-order valence-electron chi connectivity index (χ1n) is 9.80. The number of nitrogens with one attached hydrogen (secondary N) is 1. The van der Waals surface area contributed by atoms with Crippen molar-refractivity contribution in [3.8, 4) is 0 Å². The smallest absolute Gasteiger partial charge is 0.256 e. The first-order chi connectivity index (χ1) is 13.0. The summed E-state index contributed by atoms with van der Waals surface area (Å²) in [6.07, 6.45) is 6.28. The fourth-order valence-electron chi connectivity index (χ4n) is 5.52. The summed E-state index contributed by atoms with van der Waals surface area (Å²) < 4.78 is 11.9. The lowest BCUT2D eigenvalue weighted by Gasteiger charge is -2.58. The maximum atomic E-state index is 12.8. The van der Waals surface area contributed by atoms with Crippen LogP contribution < -0.4 is 5.32 Å². The van der Waals surface area contributed by atoms with Gasteiger partial charge in [0.15, 0.2) is 0 Å². The molecule has 3 unspecified atom stereocenters. The Labute approximate surface area is 164 Å². The average molecular weight is 398 g/mol. The van der Waals surface area contributed by atoms with Crippen molar-refractivity contribution in [3.63, 3.8) is 0 Å². The summed E-state index contributed by atoms with van der Waals surface area (Å²) in [6.45, 7) is 2.00. The van der Waals surface area contributed by atoms with Gasteiger partial charge in [-0.3, -0.25) is 9.48 Å². The van der Waals surface area contributed by atoms with Crippen LogP contribution in [0.15, 0.2) is 6.20 Å². The van der Waals surface area contributed by atoms with Crippen molar-refractivity contribution in [3.05, 3.63) is 16.9 Å². The van der Waals surface area contributed by atoms with Crippen molar-refractivity contribution < 1.29 is 19.4 Å². The van der Waals surface area contributed by atoms with Gasteiger partial charge in [-0.05, 0) is 49.9 Å². The van der Waals surface area contributed by atoms with E-state index >= 15 is 0 Å². The predicted octanol–water partition coefficient (Wildman–Crippen LogP) is 1.87. The topological polar surface area (TPSA) is 85.6 Å². The molecule has 7 nitrogen and oxygen atoms in total. The van der Waals surface area contributed by atoms with Gasteiger partial charge in [-0.1, -0.05) is 11.6 Å². The number of ether oxygens (including phenoxy) is 2. The first-order valence-corrected chi connectivity index (χ1v) is 10.2. The molecule has 1 heterocycles. The quantitative estimate of drug-likeness (QED) is 0.654. The van der Waals surface area contributed by atoms with Gasteiger partial charge >= 0.3 is 0 Å². The highest BCUT2D eigenvalue weighted by Gasteiger charge is 2.55. The van der Waals surface area contributed by atoms with Gasteiger partial charge in [0.1, 0.15) is 5.15 Å². The van der Waals surface area contributed by atoms with E-state index in [2.05, 4.69) is 10.4 Å². The van der Waals surface area contributed by atoms with Gasteiger partial charge in [0.05, 0.1) is 43.7 Å². The number of rotatable bonds is 8. The summed E-state index contributed by atoms with van der Waals surface area (Å²) >= 11 is 6.37. The first kappa shape index (κ1) is 19.2. The van der Waals surface area contributed by atoms with E-state index in [0.717, 1.165) is 32.1 Å². The van der Waals surface area contributed by atoms with Crippen LogP contribution in [0.25, 0.3) is 0 Å². The second-order valence-corrected chi connectivity index (χ2v) is 8.73. The Kier molecular flexibility index (Phi) is 5.47. The highest BCUT2D eigenvalue weighted by Crippen LogP contribution is 2.55. The molecule has 27 heavy (non-hydrogen) atoms. The Morgan fingerprint density at radius 3 is 2.74 bits per heavy atom. The molecule has 0 saturated heterocycles. The third-order valence-corrected chi connectivity index (χ3v) is 6.84. The minimum absolute atomic E-state index is 0.131. The standard InChI is InChI=1S/C19H28ClN3O4/c1-26-4-5-27-3-2-23-17(20)15(11-21-23)18(24)22-16-13-6-12-7-14(16)10-19(25,8-12)9-13/h11-14,16,25H,2-10H2,1H3,(H,22,24)/t12?,13-,14+,16?,19?. The molecule has 4 fully saturated rings. The highest BCUT2D eigenvalue weighted by molar-refractivity contribution is 6.32. The molecular formula is C19H28ClN3O4.